The third kappa shape index (κ3) is 3.27. The normalized spacial score (nSPS) is 13.8. The lowest BCUT2D eigenvalue weighted by Crippen LogP contribution is -2.29. The van der Waals surface area contributed by atoms with Crippen LogP contribution in [0, 0.1) is 0 Å². The van der Waals surface area contributed by atoms with E-state index < -0.39 is 0 Å². The molecule has 0 saturated heterocycles. The second kappa shape index (κ2) is 4.29. The summed E-state index contributed by atoms with van der Waals surface area (Å²) in [5.74, 6) is 0.820. The molecule has 0 aromatic carbocycles. The molecule has 0 amide bonds. The molecule has 0 bridgehead atoms. The van der Waals surface area contributed by atoms with E-state index >= 15 is 0 Å². The molecular weight excluding hydrogens is 222 g/mol. The van der Waals surface area contributed by atoms with E-state index in [2.05, 4.69) is 72.5 Å². The van der Waals surface area contributed by atoms with Crippen LogP contribution >= 0.6 is 0 Å². The van der Waals surface area contributed by atoms with Gasteiger partial charge in [0.25, 0.3) is 0 Å². The summed E-state index contributed by atoms with van der Waals surface area (Å²) in [7, 11) is 0. The van der Waals surface area contributed by atoms with Crippen molar-refractivity contribution in [3.8, 4) is 0 Å². The lowest BCUT2D eigenvalue weighted by atomic mass is 9.81. The van der Waals surface area contributed by atoms with Gasteiger partial charge in [-0.3, -0.25) is 0 Å². The van der Waals surface area contributed by atoms with Gasteiger partial charge in [-0.1, -0.05) is 62.3 Å². The molecule has 1 rings (SSSR count). The maximum absolute atomic E-state index is 4.81. The SMILES string of the molecule is CC(C)(C)c1nnc(C(C)(C)C)c(C(C)(C)C)n1. The molecule has 0 fully saturated rings. The lowest BCUT2D eigenvalue weighted by Gasteiger charge is -2.28. The minimum atomic E-state index is -0.0661. The van der Waals surface area contributed by atoms with Crippen LogP contribution in [0.5, 0.6) is 0 Å². The molecule has 0 aliphatic rings. The van der Waals surface area contributed by atoms with Gasteiger partial charge in [-0.2, -0.15) is 5.10 Å². The molecule has 0 N–H and O–H groups in total. The Labute approximate surface area is 111 Å². The van der Waals surface area contributed by atoms with Gasteiger partial charge in [0.05, 0.1) is 11.4 Å². The summed E-state index contributed by atoms with van der Waals surface area (Å²) < 4.78 is 0. The molecule has 0 aliphatic heterocycles. The van der Waals surface area contributed by atoms with Crippen LogP contribution in [-0.4, -0.2) is 15.2 Å². The van der Waals surface area contributed by atoms with E-state index in [-0.39, 0.29) is 16.2 Å². The van der Waals surface area contributed by atoms with Crippen LogP contribution in [0.15, 0.2) is 0 Å². The van der Waals surface area contributed by atoms with E-state index in [1.54, 1.807) is 0 Å². The molecule has 102 valence electrons. The summed E-state index contributed by atoms with van der Waals surface area (Å²) in [6, 6.07) is 0. The quantitative estimate of drug-likeness (QED) is 0.702. The predicted octanol–water partition coefficient (Wildman–Crippen LogP) is 3.76. The molecule has 1 aromatic rings. The number of hydrogen-bond acceptors (Lipinski definition) is 3. The monoisotopic (exact) mass is 249 g/mol. The van der Waals surface area contributed by atoms with Gasteiger partial charge < -0.3 is 0 Å². The third-order valence-corrected chi connectivity index (χ3v) is 2.78. The predicted molar refractivity (Wildman–Crippen MR) is 75.9 cm³/mol. The topological polar surface area (TPSA) is 38.7 Å². The average Bonchev–Trinajstić information content (AvgIpc) is 2.12. The zero-order valence-electron chi connectivity index (χ0n) is 13.3. The molecular formula is C15H27N3. The van der Waals surface area contributed by atoms with Gasteiger partial charge in [0.1, 0.15) is 0 Å². The number of hydrogen-bond donors (Lipinski definition) is 0. The van der Waals surface area contributed by atoms with E-state index in [1.165, 1.54) is 0 Å². The Morgan fingerprint density at radius 2 is 1.00 bits per heavy atom. The van der Waals surface area contributed by atoms with E-state index in [0.717, 1.165) is 17.2 Å². The largest absolute Gasteiger partial charge is 0.233 e. The van der Waals surface area contributed by atoms with Gasteiger partial charge in [-0.05, 0) is 0 Å². The van der Waals surface area contributed by atoms with Gasteiger partial charge in [0, 0.05) is 16.2 Å². The first kappa shape index (κ1) is 15.1. The fourth-order valence-corrected chi connectivity index (χ4v) is 1.67. The molecule has 0 unspecified atom stereocenters. The van der Waals surface area contributed by atoms with E-state index in [0.29, 0.717) is 0 Å². The van der Waals surface area contributed by atoms with Gasteiger partial charge in [-0.25, -0.2) is 4.98 Å². The van der Waals surface area contributed by atoms with Gasteiger partial charge in [-0.15, -0.1) is 5.10 Å². The Morgan fingerprint density at radius 3 is 1.33 bits per heavy atom. The molecule has 0 radical (unpaired) electrons. The second-order valence-corrected chi connectivity index (χ2v) is 8.08. The summed E-state index contributed by atoms with van der Waals surface area (Å²) in [5, 5.41) is 8.80. The van der Waals surface area contributed by atoms with Crippen molar-refractivity contribution < 1.29 is 0 Å². The second-order valence-electron chi connectivity index (χ2n) is 8.08. The molecule has 3 nitrogen and oxygen atoms in total. The van der Waals surface area contributed by atoms with E-state index in [9.17, 15) is 0 Å². The van der Waals surface area contributed by atoms with Crippen LogP contribution < -0.4 is 0 Å². The summed E-state index contributed by atoms with van der Waals surface area (Å²) in [5.41, 5.74) is 1.96. The highest BCUT2D eigenvalue weighted by Gasteiger charge is 2.31. The van der Waals surface area contributed by atoms with Crippen molar-refractivity contribution in [1.82, 2.24) is 15.2 Å². The smallest absolute Gasteiger partial charge is 0.156 e. The van der Waals surface area contributed by atoms with Crippen LogP contribution in [0.2, 0.25) is 0 Å². The fourth-order valence-electron chi connectivity index (χ4n) is 1.67. The van der Waals surface area contributed by atoms with Gasteiger partial charge in [0.15, 0.2) is 5.82 Å². The van der Waals surface area contributed by atoms with Crippen molar-refractivity contribution in [3.63, 3.8) is 0 Å². The average molecular weight is 249 g/mol. The molecule has 0 spiro atoms. The lowest BCUT2D eigenvalue weighted by molar-refractivity contribution is 0.456. The van der Waals surface area contributed by atoms with Gasteiger partial charge >= 0.3 is 0 Å². The van der Waals surface area contributed by atoms with Crippen LogP contribution in [0.1, 0.15) is 79.5 Å². The Bertz CT molecular complexity index is 429. The highest BCUT2D eigenvalue weighted by molar-refractivity contribution is 5.26. The zero-order chi connectivity index (χ0) is 14.4. The van der Waals surface area contributed by atoms with Crippen molar-refractivity contribution >= 4 is 0 Å². The molecule has 18 heavy (non-hydrogen) atoms. The molecule has 0 atom stereocenters. The van der Waals surface area contributed by atoms with Crippen LogP contribution in [0.4, 0.5) is 0 Å². The minimum Gasteiger partial charge on any atom is -0.233 e. The maximum Gasteiger partial charge on any atom is 0.156 e. The molecule has 3 heteroatoms. The van der Waals surface area contributed by atoms with Crippen molar-refractivity contribution in [2.75, 3.05) is 0 Å². The molecule has 0 saturated carbocycles. The first-order valence-electron chi connectivity index (χ1n) is 6.59. The fraction of sp³-hybridized carbons (Fsp3) is 0.800. The van der Waals surface area contributed by atoms with Crippen LogP contribution in [0.25, 0.3) is 0 Å². The first-order valence-corrected chi connectivity index (χ1v) is 6.59. The minimum absolute atomic E-state index is 0.0153. The van der Waals surface area contributed by atoms with Crippen molar-refractivity contribution in [2.24, 2.45) is 0 Å². The molecule has 1 heterocycles. The highest BCUT2D eigenvalue weighted by Crippen LogP contribution is 2.31. The van der Waals surface area contributed by atoms with Crippen LogP contribution in [-0.2, 0) is 16.2 Å². The third-order valence-electron chi connectivity index (χ3n) is 2.78. The van der Waals surface area contributed by atoms with Crippen molar-refractivity contribution in [1.29, 1.82) is 0 Å². The van der Waals surface area contributed by atoms with Gasteiger partial charge in [0.2, 0.25) is 0 Å². The summed E-state index contributed by atoms with van der Waals surface area (Å²) in [6.45, 7) is 19.4. The summed E-state index contributed by atoms with van der Waals surface area (Å²) >= 11 is 0. The first-order chi connectivity index (χ1) is 7.83. The van der Waals surface area contributed by atoms with Crippen LogP contribution in [0.3, 0.4) is 0 Å². The Balaban J connectivity index is 3.50. The van der Waals surface area contributed by atoms with E-state index in [1.807, 2.05) is 0 Å². The standard InChI is InChI=1S/C15H27N3/c1-13(2,3)10-11(14(4,5)6)17-18-12(16-10)15(7,8)9/h1-9H3. The summed E-state index contributed by atoms with van der Waals surface area (Å²) in [6.07, 6.45) is 0. The maximum atomic E-state index is 4.81. The van der Waals surface area contributed by atoms with E-state index in [4.69, 9.17) is 4.98 Å². The summed E-state index contributed by atoms with van der Waals surface area (Å²) in [4.78, 5) is 4.81. The number of rotatable bonds is 0. The zero-order valence-corrected chi connectivity index (χ0v) is 13.3. The highest BCUT2D eigenvalue weighted by atomic mass is 15.2. The Kier molecular flexibility index (Phi) is 3.59. The Morgan fingerprint density at radius 1 is 0.556 bits per heavy atom. The Hall–Kier alpha value is -0.990. The van der Waals surface area contributed by atoms with Crippen molar-refractivity contribution in [3.05, 3.63) is 17.2 Å². The molecule has 1 aromatic heterocycles. The van der Waals surface area contributed by atoms with Crippen molar-refractivity contribution in [2.45, 2.75) is 78.6 Å². The number of aromatic nitrogens is 3. The number of nitrogens with zero attached hydrogens (tertiary/aromatic N) is 3. The molecule has 0 aliphatic carbocycles.